The van der Waals surface area contributed by atoms with Crippen LogP contribution in [0.25, 0.3) is 0 Å². The van der Waals surface area contributed by atoms with Gasteiger partial charge in [0.15, 0.2) is 0 Å². The van der Waals surface area contributed by atoms with E-state index in [1.807, 2.05) is 0 Å². The molecule has 1 aromatic carbocycles. The summed E-state index contributed by atoms with van der Waals surface area (Å²) in [5.41, 5.74) is 5.93. The molecule has 1 aromatic rings. The number of carbonyl (C=O) groups excluding carboxylic acids is 2. The Morgan fingerprint density at radius 2 is 1.86 bits per heavy atom. The van der Waals surface area contributed by atoms with E-state index in [0.717, 1.165) is 12.8 Å². The third-order valence-corrected chi connectivity index (χ3v) is 3.48. The van der Waals surface area contributed by atoms with Gasteiger partial charge in [-0.3, -0.25) is 4.79 Å². The molecule has 7 nitrogen and oxygen atoms in total. The SMILES string of the molecule is NC(=O)C1CCCCN1C(=O)Nc1ccc(C(=O)O)cc1. The largest absolute Gasteiger partial charge is 0.478 e. The number of benzene rings is 1. The lowest BCUT2D eigenvalue weighted by atomic mass is 10.0. The van der Waals surface area contributed by atoms with Crippen LogP contribution in [0.2, 0.25) is 0 Å². The monoisotopic (exact) mass is 291 g/mol. The lowest BCUT2D eigenvalue weighted by Gasteiger charge is -2.33. The number of piperidine rings is 1. The quantitative estimate of drug-likeness (QED) is 0.778. The van der Waals surface area contributed by atoms with E-state index in [1.165, 1.54) is 29.2 Å². The second-order valence-corrected chi connectivity index (χ2v) is 4.92. The molecule has 0 aliphatic carbocycles. The Labute approximate surface area is 121 Å². The molecule has 1 aliphatic rings. The van der Waals surface area contributed by atoms with Crippen molar-refractivity contribution in [1.29, 1.82) is 0 Å². The molecular weight excluding hydrogens is 274 g/mol. The van der Waals surface area contributed by atoms with E-state index < -0.39 is 23.9 Å². The maximum Gasteiger partial charge on any atom is 0.335 e. The van der Waals surface area contributed by atoms with Gasteiger partial charge < -0.3 is 21.1 Å². The maximum atomic E-state index is 12.2. The minimum atomic E-state index is -1.03. The molecule has 7 heteroatoms. The molecule has 1 fully saturated rings. The number of carbonyl (C=O) groups is 3. The summed E-state index contributed by atoms with van der Waals surface area (Å²) >= 11 is 0. The summed E-state index contributed by atoms with van der Waals surface area (Å²) in [4.78, 5) is 35.7. The number of carboxylic acid groups (broad SMARTS) is 1. The molecule has 21 heavy (non-hydrogen) atoms. The van der Waals surface area contributed by atoms with Gasteiger partial charge in [0.2, 0.25) is 5.91 Å². The molecule has 0 aromatic heterocycles. The topological polar surface area (TPSA) is 113 Å². The number of nitrogens with zero attached hydrogens (tertiary/aromatic N) is 1. The first-order valence-electron chi connectivity index (χ1n) is 6.69. The molecule has 1 saturated heterocycles. The highest BCUT2D eigenvalue weighted by atomic mass is 16.4. The Bertz CT molecular complexity index is 556. The van der Waals surface area contributed by atoms with Gasteiger partial charge >= 0.3 is 12.0 Å². The van der Waals surface area contributed by atoms with Crippen molar-refractivity contribution in [2.75, 3.05) is 11.9 Å². The highest BCUT2D eigenvalue weighted by Crippen LogP contribution is 2.18. The highest BCUT2D eigenvalue weighted by molar-refractivity contribution is 5.94. The normalized spacial score (nSPS) is 18.1. The zero-order chi connectivity index (χ0) is 15.4. The molecule has 3 amide bonds. The number of amides is 3. The van der Waals surface area contributed by atoms with Gasteiger partial charge in [0.25, 0.3) is 0 Å². The number of hydrogen-bond acceptors (Lipinski definition) is 3. The number of rotatable bonds is 3. The number of anilines is 1. The van der Waals surface area contributed by atoms with Gasteiger partial charge in [-0.2, -0.15) is 0 Å². The van der Waals surface area contributed by atoms with E-state index in [0.29, 0.717) is 18.7 Å². The third-order valence-electron chi connectivity index (χ3n) is 3.48. The molecular formula is C14H17N3O4. The average Bonchev–Trinajstić information content (AvgIpc) is 2.47. The van der Waals surface area contributed by atoms with Gasteiger partial charge in [0.1, 0.15) is 6.04 Å². The number of carboxylic acids is 1. The van der Waals surface area contributed by atoms with Crippen LogP contribution in [0, 0.1) is 0 Å². The lowest BCUT2D eigenvalue weighted by molar-refractivity contribution is -0.123. The van der Waals surface area contributed by atoms with Gasteiger partial charge in [-0.1, -0.05) is 0 Å². The van der Waals surface area contributed by atoms with Crippen LogP contribution >= 0.6 is 0 Å². The number of urea groups is 1. The van der Waals surface area contributed by atoms with Crippen molar-refractivity contribution < 1.29 is 19.5 Å². The van der Waals surface area contributed by atoms with Gasteiger partial charge in [-0.05, 0) is 43.5 Å². The van der Waals surface area contributed by atoms with Crippen LogP contribution in [0.4, 0.5) is 10.5 Å². The van der Waals surface area contributed by atoms with Crippen molar-refractivity contribution in [3.05, 3.63) is 29.8 Å². The number of nitrogens with one attached hydrogen (secondary N) is 1. The predicted molar refractivity (Wildman–Crippen MR) is 76.0 cm³/mol. The molecule has 112 valence electrons. The van der Waals surface area contributed by atoms with E-state index in [2.05, 4.69) is 5.32 Å². The number of primary amides is 1. The molecule has 0 spiro atoms. The van der Waals surface area contributed by atoms with Crippen LogP contribution in [0.15, 0.2) is 24.3 Å². The fraction of sp³-hybridized carbons (Fsp3) is 0.357. The summed E-state index contributed by atoms with van der Waals surface area (Å²) in [6, 6.07) is 4.83. The van der Waals surface area contributed by atoms with Crippen molar-refractivity contribution in [3.8, 4) is 0 Å². The first-order valence-corrected chi connectivity index (χ1v) is 6.69. The van der Waals surface area contributed by atoms with Crippen LogP contribution in [-0.4, -0.2) is 40.5 Å². The molecule has 0 radical (unpaired) electrons. The molecule has 1 atom stereocenters. The fourth-order valence-corrected chi connectivity index (χ4v) is 2.36. The standard InChI is InChI=1S/C14H17N3O4/c15-12(18)11-3-1-2-8-17(11)14(21)16-10-6-4-9(5-7-10)13(19)20/h4-7,11H,1-3,8H2,(H2,15,18)(H,16,21)(H,19,20). The van der Waals surface area contributed by atoms with Gasteiger partial charge in [0, 0.05) is 12.2 Å². The van der Waals surface area contributed by atoms with E-state index in [9.17, 15) is 14.4 Å². The van der Waals surface area contributed by atoms with Crippen LogP contribution in [0.3, 0.4) is 0 Å². The molecule has 4 N–H and O–H groups in total. The first kappa shape index (κ1) is 14.8. The maximum absolute atomic E-state index is 12.2. The predicted octanol–water partition coefficient (Wildman–Crippen LogP) is 1.26. The van der Waals surface area contributed by atoms with E-state index >= 15 is 0 Å². The van der Waals surface area contributed by atoms with Crippen LogP contribution in [-0.2, 0) is 4.79 Å². The van der Waals surface area contributed by atoms with E-state index in [4.69, 9.17) is 10.8 Å². The summed E-state index contributed by atoms with van der Waals surface area (Å²) in [5.74, 6) is -1.54. The lowest BCUT2D eigenvalue weighted by Crippen LogP contribution is -2.51. The highest BCUT2D eigenvalue weighted by Gasteiger charge is 2.30. The van der Waals surface area contributed by atoms with Crippen LogP contribution < -0.4 is 11.1 Å². The summed E-state index contributed by atoms with van der Waals surface area (Å²) in [5, 5.41) is 11.5. The molecule has 0 bridgehead atoms. The third kappa shape index (κ3) is 3.50. The molecule has 1 aliphatic heterocycles. The molecule has 0 saturated carbocycles. The van der Waals surface area contributed by atoms with Crippen molar-refractivity contribution >= 4 is 23.6 Å². The van der Waals surface area contributed by atoms with Gasteiger partial charge in [-0.15, -0.1) is 0 Å². The Hall–Kier alpha value is -2.57. The smallest absolute Gasteiger partial charge is 0.335 e. The second-order valence-electron chi connectivity index (χ2n) is 4.92. The number of hydrogen-bond donors (Lipinski definition) is 3. The second kappa shape index (κ2) is 6.25. The van der Waals surface area contributed by atoms with Crippen molar-refractivity contribution in [2.24, 2.45) is 5.73 Å². The Kier molecular flexibility index (Phi) is 4.42. The van der Waals surface area contributed by atoms with E-state index in [-0.39, 0.29) is 5.56 Å². The van der Waals surface area contributed by atoms with Crippen LogP contribution in [0.1, 0.15) is 29.6 Å². The first-order chi connectivity index (χ1) is 9.99. The van der Waals surface area contributed by atoms with Gasteiger partial charge in [-0.25, -0.2) is 9.59 Å². The van der Waals surface area contributed by atoms with Gasteiger partial charge in [0.05, 0.1) is 5.56 Å². The molecule has 1 heterocycles. The van der Waals surface area contributed by atoms with E-state index in [1.54, 1.807) is 0 Å². The average molecular weight is 291 g/mol. The number of likely N-dealkylation sites (tertiary alicyclic amines) is 1. The molecule has 1 unspecified atom stereocenters. The van der Waals surface area contributed by atoms with Crippen LogP contribution in [0.5, 0.6) is 0 Å². The summed E-state index contributed by atoms with van der Waals surface area (Å²) in [7, 11) is 0. The molecule has 2 rings (SSSR count). The summed E-state index contributed by atoms with van der Waals surface area (Å²) < 4.78 is 0. The van der Waals surface area contributed by atoms with Crippen molar-refractivity contribution in [1.82, 2.24) is 4.90 Å². The van der Waals surface area contributed by atoms with Crippen molar-refractivity contribution in [2.45, 2.75) is 25.3 Å². The zero-order valence-electron chi connectivity index (χ0n) is 11.4. The fourth-order valence-electron chi connectivity index (χ4n) is 2.36. The summed E-state index contributed by atoms with van der Waals surface area (Å²) in [6.07, 6.45) is 2.26. The number of nitrogens with two attached hydrogens (primary N) is 1. The van der Waals surface area contributed by atoms with Crippen molar-refractivity contribution in [3.63, 3.8) is 0 Å². The Balaban J connectivity index is 2.05. The minimum absolute atomic E-state index is 0.140. The summed E-state index contributed by atoms with van der Waals surface area (Å²) in [6.45, 7) is 0.479. The Morgan fingerprint density at radius 1 is 1.19 bits per heavy atom. The zero-order valence-corrected chi connectivity index (χ0v) is 11.4. The minimum Gasteiger partial charge on any atom is -0.478 e. The number of aromatic carboxylic acids is 1. The Morgan fingerprint density at radius 3 is 2.43 bits per heavy atom.